The van der Waals surface area contributed by atoms with Crippen LogP contribution in [0.4, 0.5) is 14.5 Å². The summed E-state index contributed by atoms with van der Waals surface area (Å²) in [6, 6.07) is 2.65. The van der Waals surface area contributed by atoms with Crippen LogP contribution in [0.15, 0.2) is 22.7 Å². The number of carbonyl (C=O) groups is 2. The van der Waals surface area contributed by atoms with Crippen LogP contribution in [0.25, 0.3) is 0 Å². The van der Waals surface area contributed by atoms with Crippen LogP contribution in [0.5, 0.6) is 0 Å². The normalized spacial score (nSPS) is 12.1. The largest absolute Gasteiger partial charge is 0.449 e. The molecule has 0 aliphatic heterocycles. The summed E-state index contributed by atoms with van der Waals surface area (Å²) >= 11 is 0. The molecule has 25 heavy (non-hydrogen) atoms. The third-order valence-electron chi connectivity index (χ3n) is 3.46. The molecule has 0 aliphatic rings. The molecular weight excluding hydrogens is 334 g/mol. The highest BCUT2D eigenvalue weighted by molar-refractivity contribution is 5.98. The second-order valence-electron chi connectivity index (χ2n) is 5.82. The van der Waals surface area contributed by atoms with Crippen molar-refractivity contribution in [1.29, 1.82) is 0 Å². The van der Waals surface area contributed by atoms with E-state index in [1.54, 1.807) is 6.92 Å². The van der Waals surface area contributed by atoms with Gasteiger partial charge in [-0.3, -0.25) is 4.79 Å². The number of esters is 1. The minimum Gasteiger partial charge on any atom is -0.449 e. The average Bonchev–Trinajstić information content (AvgIpc) is 2.92. The van der Waals surface area contributed by atoms with Gasteiger partial charge in [0.1, 0.15) is 17.2 Å². The quantitative estimate of drug-likeness (QED) is 0.832. The highest BCUT2D eigenvalue weighted by Crippen LogP contribution is 2.23. The van der Waals surface area contributed by atoms with Gasteiger partial charge in [-0.1, -0.05) is 19.0 Å². The van der Waals surface area contributed by atoms with Crippen molar-refractivity contribution in [3.63, 3.8) is 0 Å². The minimum absolute atomic E-state index is 0.103. The van der Waals surface area contributed by atoms with E-state index in [1.165, 1.54) is 6.92 Å². The fourth-order valence-electron chi connectivity index (χ4n) is 2.13. The van der Waals surface area contributed by atoms with E-state index in [0.29, 0.717) is 11.5 Å². The number of hydrogen-bond acceptors (Lipinski definition) is 5. The van der Waals surface area contributed by atoms with E-state index in [9.17, 15) is 18.4 Å². The van der Waals surface area contributed by atoms with Gasteiger partial charge in [-0.05, 0) is 26.0 Å². The molecule has 8 heteroatoms. The summed E-state index contributed by atoms with van der Waals surface area (Å²) in [7, 11) is 0. The van der Waals surface area contributed by atoms with Crippen LogP contribution in [0, 0.1) is 18.6 Å². The van der Waals surface area contributed by atoms with Gasteiger partial charge in [0.2, 0.25) is 0 Å². The molecule has 2 rings (SSSR count). The van der Waals surface area contributed by atoms with E-state index in [0.717, 1.165) is 18.2 Å². The second kappa shape index (κ2) is 7.42. The summed E-state index contributed by atoms with van der Waals surface area (Å²) in [4.78, 5) is 24.4. The number of benzene rings is 1. The van der Waals surface area contributed by atoms with Crippen LogP contribution in [0.3, 0.4) is 0 Å². The van der Waals surface area contributed by atoms with E-state index in [2.05, 4.69) is 10.5 Å². The number of nitrogens with zero attached hydrogens (tertiary/aromatic N) is 1. The van der Waals surface area contributed by atoms with Gasteiger partial charge in [0.15, 0.2) is 11.9 Å². The Morgan fingerprint density at radius 1 is 1.24 bits per heavy atom. The van der Waals surface area contributed by atoms with Gasteiger partial charge >= 0.3 is 5.97 Å². The summed E-state index contributed by atoms with van der Waals surface area (Å²) in [5.74, 6) is -2.82. The van der Waals surface area contributed by atoms with Gasteiger partial charge < -0.3 is 14.6 Å². The van der Waals surface area contributed by atoms with Gasteiger partial charge in [0.25, 0.3) is 5.91 Å². The summed E-state index contributed by atoms with van der Waals surface area (Å²) in [6.07, 6.45) is -1.23. The first kappa shape index (κ1) is 18.6. The molecule has 0 aliphatic carbocycles. The number of hydrogen-bond donors (Lipinski definition) is 1. The summed E-state index contributed by atoms with van der Waals surface area (Å²) < 4.78 is 36.9. The maximum absolute atomic E-state index is 13.6. The molecule has 1 aromatic heterocycles. The Bertz CT molecular complexity index is 802. The lowest BCUT2D eigenvalue weighted by atomic mass is 10.1. The van der Waals surface area contributed by atoms with Crippen LogP contribution in [0.2, 0.25) is 0 Å². The van der Waals surface area contributed by atoms with Gasteiger partial charge in [0.05, 0.1) is 11.4 Å². The number of rotatable bonds is 5. The summed E-state index contributed by atoms with van der Waals surface area (Å²) in [5, 5.41) is 5.92. The predicted molar refractivity (Wildman–Crippen MR) is 85.2 cm³/mol. The molecular formula is C17H18F2N2O4. The molecule has 1 atom stereocenters. The number of amides is 1. The second-order valence-corrected chi connectivity index (χ2v) is 5.82. The Balaban J connectivity index is 2.10. The molecule has 0 spiro atoms. The van der Waals surface area contributed by atoms with Crippen LogP contribution in [-0.4, -0.2) is 23.1 Å². The van der Waals surface area contributed by atoms with Crippen molar-refractivity contribution < 1.29 is 27.6 Å². The van der Waals surface area contributed by atoms with Gasteiger partial charge in [-0.2, -0.15) is 0 Å². The van der Waals surface area contributed by atoms with E-state index in [-0.39, 0.29) is 17.2 Å². The van der Waals surface area contributed by atoms with Gasteiger partial charge in [-0.25, -0.2) is 13.6 Å². The zero-order valence-electron chi connectivity index (χ0n) is 14.2. The topological polar surface area (TPSA) is 81.4 Å². The first-order valence-corrected chi connectivity index (χ1v) is 7.63. The number of aryl methyl sites for hydroxylation is 1. The Labute approximate surface area is 143 Å². The average molecular weight is 352 g/mol. The maximum atomic E-state index is 13.6. The molecule has 2 aromatic rings. The van der Waals surface area contributed by atoms with Crippen LogP contribution < -0.4 is 5.32 Å². The monoisotopic (exact) mass is 352 g/mol. The SMILES string of the molecule is Cc1noc(C(C)C)c1C(=O)O[C@H](C)C(=O)Nc1cc(F)ccc1F. The lowest BCUT2D eigenvalue weighted by Gasteiger charge is -2.14. The third-order valence-corrected chi connectivity index (χ3v) is 3.46. The number of anilines is 1. The van der Waals surface area contributed by atoms with E-state index >= 15 is 0 Å². The van der Waals surface area contributed by atoms with Crippen molar-refractivity contribution in [2.75, 3.05) is 5.32 Å². The molecule has 1 amide bonds. The molecule has 6 nitrogen and oxygen atoms in total. The molecule has 0 radical (unpaired) electrons. The van der Waals surface area contributed by atoms with Gasteiger partial charge in [0, 0.05) is 12.0 Å². The molecule has 0 saturated carbocycles. The summed E-state index contributed by atoms with van der Waals surface area (Å²) in [6.45, 7) is 6.54. The molecule has 0 unspecified atom stereocenters. The Morgan fingerprint density at radius 2 is 1.92 bits per heavy atom. The van der Waals surface area contributed by atoms with Crippen molar-refractivity contribution in [2.45, 2.75) is 39.7 Å². The number of carbonyl (C=O) groups excluding carboxylic acids is 2. The van der Waals surface area contributed by atoms with E-state index < -0.39 is 29.6 Å². The smallest absolute Gasteiger partial charge is 0.344 e. The standard InChI is InChI=1S/C17H18F2N2O4/c1-8(2)15-14(9(3)21-25-15)17(23)24-10(4)16(22)20-13-7-11(18)5-6-12(13)19/h5-8,10H,1-4H3,(H,20,22)/t10-/m1/s1. The lowest BCUT2D eigenvalue weighted by Crippen LogP contribution is -2.30. The molecule has 1 aromatic carbocycles. The first-order valence-electron chi connectivity index (χ1n) is 7.63. The fourth-order valence-corrected chi connectivity index (χ4v) is 2.13. The fraction of sp³-hybridized carbons (Fsp3) is 0.353. The Morgan fingerprint density at radius 3 is 2.56 bits per heavy atom. The zero-order chi connectivity index (χ0) is 18.7. The van der Waals surface area contributed by atoms with Crippen molar-refractivity contribution in [3.8, 4) is 0 Å². The van der Waals surface area contributed by atoms with Gasteiger partial charge in [-0.15, -0.1) is 0 Å². The highest BCUT2D eigenvalue weighted by atomic mass is 19.1. The number of nitrogens with one attached hydrogen (secondary N) is 1. The molecule has 0 fully saturated rings. The van der Waals surface area contributed by atoms with Crippen molar-refractivity contribution >= 4 is 17.6 Å². The van der Waals surface area contributed by atoms with Crippen molar-refractivity contribution in [3.05, 3.63) is 46.9 Å². The molecule has 134 valence electrons. The third kappa shape index (κ3) is 4.20. The van der Waals surface area contributed by atoms with E-state index in [4.69, 9.17) is 9.26 Å². The molecule has 1 N–H and O–H groups in total. The van der Waals surface area contributed by atoms with Crippen LogP contribution >= 0.6 is 0 Å². The zero-order valence-corrected chi connectivity index (χ0v) is 14.2. The molecule has 0 bridgehead atoms. The van der Waals surface area contributed by atoms with Crippen LogP contribution in [0.1, 0.15) is 48.5 Å². The van der Waals surface area contributed by atoms with Crippen molar-refractivity contribution in [1.82, 2.24) is 5.16 Å². The summed E-state index contributed by atoms with van der Waals surface area (Å²) in [5.41, 5.74) is 0.168. The Kier molecular flexibility index (Phi) is 5.51. The minimum atomic E-state index is -1.23. The molecule has 1 heterocycles. The number of ether oxygens (including phenoxy) is 1. The Hall–Kier alpha value is -2.77. The number of halogens is 2. The first-order chi connectivity index (χ1) is 11.7. The molecule has 0 saturated heterocycles. The lowest BCUT2D eigenvalue weighted by molar-refractivity contribution is -0.123. The highest BCUT2D eigenvalue weighted by Gasteiger charge is 2.27. The van der Waals surface area contributed by atoms with Crippen molar-refractivity contribution in [2.24, 2.45) is 0 Å². The predicted octanol–water partition coefficient (Wildman–Crippen LogP) is 3.57. The maximum Gasteiger partial charge on any atom is 0.344 e. The van der Waals surface area contributed by atoms with Crippen LogP contribution in [-0.2, 0) is 9.53 Å². The van der Waals surface area contributed by atoms with E-state index in [1.807, 2.05) is 13.8 Å². The number of aromatic nitrogens is 1.